The van der Waals surface area contributed by atoms with Crippen LogP contribution in [0.1, 0.15) is 27.7 Å². The van der Waals surface area contributed by atoms with Crippen LogP contribution in [0.2, 0.25) is 0 Å². The number of likely N-dealkylation sites (N-methyl/N-ethyl adjacent to an activating group) is 1. The summed E-state index contributed by atoms with van der Waals surface area (Å²) < 4.78 is 19.1. The van der Waals surface area contributed by atoms with E-state index in [1.807, 2.05) is 31.2 Å². The molecule has 2 amide bonds. The number of carbonyl (C=O) groups excluding carboxylic acids is 3. The number of nitrogens with zero attached hydrogens (tertiary/aromatic N) is 3. The molecule has 1 heterocycles. The first-order valence-corrected chi connectivity index (χ1v) is 13.1. The minimum Gasteiger partial charge on any atom is -0.484 e. The molecule has 4 aromatic rings. The summed E-state index contributed by atoms with van der Waals surface area (Å²) in [5, 5.41) is 0.259. The predicted molar refractivity (Wildman–Crippen MR) is 154 cm³/mol. The van der Waals surface area contributed by atoms with Crippen LogP contribution < -0.4 is 26.0 Å². The zero-order valence-corrected chi connectivity index (χ0v) is 22.9. The Labute approximate surface area is 234 Å². The van der Waals surface area contributed by atoms with E-state index in [2.05, 4.69) is 4.98 Å². The molecule has 0 aliphatic rings. The fourth-order valence-electron chi connectivity index (χ4n) is 3.87. The summed E-state index contributed by atoms with van der Waals surface area (Å²) in [4.78, 5) is 45.3. The van der Waals surface area contributed by atoms with Gasteiger partial charge in [0.1, 0.15) is 28.3 Å². The van der Waals surface area contributed by atoms with Crippen LogP contribution in [-0.4, -0.2) is 42.3 Å². The van der Waals surface area contributed by atoms with Crippen molar-refractivity contribution < 1.29 is 23.5 Å². The maximum absolute atomic E-state index is 13.5. The lowest BCUT2D eigenvalue weighted by Crippen LogP contribution is -2.39. The van der Waals surface area contributed by atoms with Crippen LogP contribution in [0.5, 0.6) is 5.75 Å². The number of thiazole rings is 1. The van der Waals surface area contributed by atoms with Gasteiger partial charge in [-0.15, -0.1) is 0 Å². The lowest BCUT2D eigenvalue weighted by atomic mass is 10.1. The van der Waals surface area contributed by atoms with Crippen molar-refractivity contribution in [3.05, 3.63) is 94.6 Å². The maximum atomic E-state index is 13.5. The Hall–Kier alpha value is -4.77. The summed E-state index contributed by atoms with van der Waals surface area (Å²) in [5.74, 6) is -1.29. The number of benzene rings is 3. The SMILES string of the molecule is Cc1cccc(N(C)C(=O)COc2ccc(C(=O)c3sc(N(c4ccc(F)cc4)[C@H](C)C(N)=O)nc3N)cc2)c1. The quantitative estimate of drug-likeness (QED) is 0.273. The van der Waals surface area contributed by atoms with Gasteiger partial charge in [0.25, 0.3) is 5.91 Å². The Kier molecular flexibility index (Phi) is 8.44. The van der Waals surface area contributed by atoms with Gasteiger partial charge >= 0.3 is 0 Å². The minimum absolute atomic E-state index is 0.0149. The van der Waals surface area contributed by atoms with Crippen LogP contribution in [0.4, 0.5) is 26.7 Å². The molecule has 4 N–H and O–H groups in total. The number of hydrogen-bond acceptors (Lipinski definition) is 8. The topological polar surface area (TPSA) is 132 Å². The number of rotatable bonds is 10. The second kappa shape index (κ2) is 12.0. The lowest BCUT2D eigenvalue weighted by molar-refractivity contribution is -0.120. The largest absolute Gasteiger partial charge is 0.484 e. The smallest absolute Gasteiger partial charge is 0.264 e. The number of hydrogen-bond donors (Lipinski definition) is 2. The maximum Gasteiger partial charge on any atom is 0.264 e. The Morgan fingerprint density at radius 3 is 2.33 bits per heavy atom. The van der Waals surface area contributed by atoms with Gasteiger partial charge in [-0.2, -0.15) is 0 Å². The van der Waals surface area contributed by atoms with Gasteiger partial charge in [-0.1, -0.05) is 23.5 Å². The van der Waals surface area contributed by atoms with Gasteiger partial charge < -0.3 is 26.0 Å². The van der Waals surface area contributed by atoms with Crippen LogP contribution in [-0.2, 0) is 9.59 Å². The summed E-state index contributed by atoms with van der Waals surface area (Å²) in [5.41, 5.74) is 14.2. The number of ether oxygens (including phenoxy) is 1. The molecule has 1 aromatic heterocycles. The Morgan fingerprint density at radius 1 is 1.02 bits per heavy atom. The molecule has 0 unspecified atom stereocenters. The second-order valence-corrected chi connectivity index (χ2v) is 10.0. The zero-order valence-electron chi connectivity index (χ0n) is 22.1. The summed E-state index contributed by atoms with van der Waals surface area (Å²) in [6, 6.07) is 18.5. The Balaban J connectivity index is 1.48. The molecule has 9 nitrogen and oxygen atoms in total. The molecule has 3 aromatic carbocycles. The first-order chi connectivity index (χ1) is 19.0. The molecule has 1 atom stereocenters. The van der Waals surface area contributed by atoms with Crippen molar-refractivity contribution in [1.82, 2.24) is 4.98 Å². The Morgan fingerprint density at radius 2 is 1.70 bits per heavy atom. The minimum atomic E-state index is -0.844. The number of carbonyl (C=O) groups is 3. The average Bonchev–Trinajstić information content (AvgIpc) is 3.32. The van der Waals surface area contributed by atoms with E-state index in [1.165, 1.54) is 34.1 Å². The molecule has 0 aliphatic heterocycles. The summed E-state index contributed by atoms with van der Waals surface area (Å²) in [7, 11) is 1.68. The standard InChI is InChI=1S/C29H28FN5O4S/c1-17-5-4-6-22(15-17)34(3)24(36)16-39-23-13-7-19(8-14-23)25(37)26-27(31)33-29(40-26)35(18(2)28(32)38)21-11-9-20(30)10-12-21/h4-15,18H,16,31H2,1-3H3,(H2,32,38)/t18-/m1/s1. The van der Waals surface area contributed by atoms with Gasteiger partial charge in [0.2, 0.25) is 11.7 Å². The van der Waals surface area contributed by atoms with E-state index in [0.29, 0.717) is 17.0 Å². The van der Waals surface area contributed by atoms with E-state index in [9.17, 15) is 18.8 Å². The summed E-state index contributed by atoms with van der Waals surface area (Å²) in [6.45, 7) is 3.35. The van der Waals surface area contributed by atoms with Crippen LogP contribution >= 0.6 is 11.3 Å². The van der Waals surface area contributed by atoms with E-state index in [-0.39, 0.29) is 34.1 Å². The Bertz CT molecular complexity index is 1540. The molecule has 0 saturated carbocycles. The van der Waals surface area contributed by atoms with Crippen molar-refractivity contribution in [2.24, 2.45) is 5.73 Å². The first-order valence-electron chi connectivity index (χ1n) is 12.3. The monoisotopic (exact) mass is 561 g/mol. The summed E-state index contributed by atoms with van der Waals surface area (Å²) >= 11 is 0.993. The second-order valence-electron chi connectivity index (χ2n) is 9.07. The van der Waals surface area contributed by atoms with E-state index in [0.717, 1.165) is 22.6 Å². The predicted octanol–water partition coefficient (Wildman–Crippen LogP) is 4.46. The number of aromatic nitrogens is 1. The number of anilines is 4. The highest BCUT2D eigenvalue weighted by Crippen LogP contribution is 2.36. The molecular weight excluding hydrogens is 533 g/mol. The molecule has 40 heavy (non-hydrogen) atoms. The molecule has 0 aliphatic carbocycles. The number of nitrogen functional groups attached to an aromatic ring is 1. The average molecular weight is 562 g/mol. The normalized spacial score (nSPS) is 11.5. The van der Waals surface area contributed by atoms with Gasteiger partial charge in [-0.05, 0) is 80.1 Å². The molecule has 0 spiro atoms. The van der Waals surface area contributed by atoms with Crippen molar-refractivity contribution in [2.45, 2.75) is 19.9 Å². The van der Waals surface area contributed by atoms with Crippen LogP contribution in [0.3, 0.4) is 0 Å². The number of amides is 2. The van der Waals surface area contributed by atoms with Gasteiger partial charge in [-0.3, -0.25) is 14.4 Å². The van der Waals surface area contributed by atoms with Crippen molar-refractivity contribution >= 4 is 51.3 Å². The zero-order chi connectivity index (χ0) is 29.0. The van der Waals surface area contributed by atoms with Gasteiger partial charge in [-0.25, -0.2) is 9.37 Å². The van der Waals surface area contributed by atoms with Crippen LogP contribution in [0.15, 0.2) is 72.8 Å². The number of nitrogens with two attached hydrogens (primary N) is 2. The highest BCUT2D eigenvalue weighted by molar-refractivity contribution is 7.18. The summed E-state index contributed by atoms with van der Waals surface area (Å²) in [6.07, 6.45) is 0. The van der Waals surface area contributed by atoms with Crippen LogP contribution in [0.25, 0.3) is 0 Å². The number of aryl methyl sites for hydroxylation is 1. The molecule has 0 radical (unpaired) electrons. The highest BCUT2D eigenvalue weighted by atomic mass is 32.1. The number of ketones is 1. The van der Waals surface area contributed by atoms with E-state index < -0.39 is 17.8 Å². The van der Waals surface area contributed by atoms with Crippen molar-refractivity contribution in [2.75, 3.05) is 29.2 Å². The molecule has 4 rings (SSSR count). The highest BCUT2D eigenvalue weighted by Gasteiger charge is 2.27. The molecular formula is C29H28FN5O4S. The molecule has 0 saturated heterocycles. The van der Waals surface area contributed by atoms with Crippen molar-refractivity contribution in [1.29, 1.82) is 0 Å². The van der Waals surface area contributed by atoms with Crippen LogP contribution in [0, 0.1) is 12.7 Å². The molecule has 206 valence electrons. The molecule has 0 fully saturated rings. The number of halogens is 1. The van der Waals surface area contributed by atoms with E-state index >= 15 is 0 Å². The van der Waals surface area contributed by atoms with E-state index in [1.54, 1.807) is 38.2 Å². The van der Waals surface area contributed by atoms with Gasteiger partial charge in [0, 0.05) is 24.0 Å². The fraction of sp³-hybridized carbons (Fsp3) is 0.172. The third kappa shape index (κ3) is 6.26. The first kappa shape index (κ1) is 28.2. The number of primary amides is 1. The third-order valence-electron chi connectivity index (χ3n) is 6.20. The van der Waals surface area contributed by atoms with Crippen molar-refractivity contribution in [3.8, 4) is 5.75 Å². The van der Waals surface area contributed by atoms with Crippen molar-refractivity contribution in [3.63, 3.8) is 0 Å². The molecule has 11 heteroatoms. The van der Waals surface area contributed by atoms with Gasteiger partial charge in [0.05, 0.1) is 0 Å². The fourth-order valence-corrected chi connectivity index (χ4v) is 4.92. The van der Waals surface area contributed by atoms with E-state index in [4.69, 9.17) is 16.2 Å². The van der Waals surface area contributed by atoms with Gasteiger partial charge in [0.15, 0.2) is 11.7 Å². The third-order valence-corrected chi connectivity index (χ3v) is 7.27. The lowest BCUT2D eigenvalue weighted by Gasteiger charge is -2.26. The molecule has 0 bridgehead atoms.